The molecule has 3 aromatic heterocycles. The van der Waals surface area contributed by atoms with E-state index in [1.807, 2.05) is 30.5 Å². The summed E-state index contributed by atoms with van der Waals surface area (Å²) < 4.78 is 11.2. The van der Waals surface area contributed by atoms with E-state index in [2.05, 4.69) is 185 Å². The maximum absolute atomic E-state index is 6.75. The van der Waals surface area contributed by atoms with E-state index in [4.69, 9.17) is 9.72 Å². The predicted molar refractivity (Wildman–Crippen MR) is 229 cm³/mol. The molecule has 0 saturated heterocycles. The minimum Gasteiger partial charge on any atom is -0.509 e. The second-order valence-corrected chi connectivity index (χ2v) is 14.3. The molecule has 0 spiro atoms. The van der Waals surface area contributed by atoms with Crippen molar-refractivity contribution in [3.63, 3.8) is 0 Å². The van der Waals surface area contributed by atoms with Gasteiger partial charge in [-0.2, -0.15) is 12.7 Å². The smallest absolute Gasteiger partial charge is 0.137 e. The van der Waals surface area contributed by atoms with Crippen molar-refractivity contribution in [2.75, 3.05) is 16.8 Å². The molecule has 0 radical (unpaired) electrons. The van der Waals surface area contributed by atoms with Crippen LogP contribution >= 0.6 is 0 Å². The molecule has 0 amide bonds. The van der Waals surface area contributed by atoms with Gasteiger partial charge in [-0.15, -0.1) is 41.6 Å². The molecule has 7 heteroatoms. The molecule has 11 rings (SSSR count). The van der Waals surface area contributed by atoms with E-state index in [1.165, 1.54) is 22.0 Å². The van der Waals surface area contributed by atoms with Crippen LogP contribution in [-0.2, 0) is 28.1 Å². The van der Waals surface area contributed by atoms with Gasteiger partial charge in [0.2, 0.25) is 0 Å². The molecule has 0 atom stereocenters. The van der Waals surface area contributed by atoms with Gasteiger partial charge in [-0.05, 0) is 53.4 Å². The third kappa shape index (κ3) is 5.71. The molecule has 0 aliphatic carbocycles. The summed E-state index contributed by atoms with van der Waals surface area (Å²) in [6.45, 7) is 2.10. The van der Waals surface area contributed by atoms with Gasteiger partial charge in [-0.25, -0.2) is 4.98 Å². The molecule has 4 heterocycles. The van der Waals surface area contributed by atoms with Gasteiger partial charge in [-0.1, -0.05) is 114 Å². The molecule has 6 nitrogen and oxygen atoms in total. The minimum atomic E-state index is 0. The van der Waals surface area contributed by atoms with Gasteiger partial charge in [0.25, 0.3) is 0 Å². The zero-order valence-corrected chi connectivity index (χ0v) is 33.4. The number of aromatic nitrogens is 3. The van der Waals surface area contributed by atoms with Crippen LogP contribution in [0.3, 0.4) is 0 Å². The minimum absolute atomic E-state index is 0. The molecule has 1 aliphatic rings. The van der Waals surface area contributed by atoms with Crippen LogP contribution in [0.2, 0.25) is 0 Å². The summed E-state index contributed by atoms with van der Waals surface area (Å²) in [4.78, 5) is 9.41. The summed E-state index contributed by atoms with van der Waals surface area (Å²) in [5.41, 5.74) is 11.8. The predicted octanol–water partition coefficient (Wildman–Crippen LogP) is 12.3. The van der Waals surface area contributed by atoms with Crippen LogP contribution in [0.25, 0.3) is 71.7 Å². The van der Waals surface area contributed by atoms with E-state index in [-0.39, 0.29) is 21.1 Å². The fourth-order valence-corrected chi connectivity index (χ4v) is 8.35. The molecule has 1 aliphatic heterocycles. The third-order valence-electron chi connectivity index (χ3n) is 11.0. The molecule has 0 N–H and O–H groups in total. The van der Waals surface area contributed by atoms with Gasteiger partial charge in [0.1, 0.15) is 5.82 Å². The number of hydrogen-bond donors (Lipinski definition) is 0. The average molecular weight is 916 g/mol. The van der Waals surface area contributed by atoms with E-state index in [0.29, 0.717) is 11.5 Å². The van der Waals surface area contributed by atoms with E-state index < -0.39 is 0 Å². The Kier molecular flexibility index (Phi) is 8.46. The first-order valence-electron chi connectivity index (χ1n) is 18.7. The topological polar surface area (TPSA) is 38.5 Å². The molecule has 0 bridgehead atoms. The number of pyridine rings is 1. The molecule has 0 unspecified atom stereocenters. The summed E-state index contributed by atoms with van der Waals surface area (Å²) in [5.74, 6) is 2.01. The Labute approximate surface area is 345 Å². The normalized spacial score (nSPS) is 12.5. The van der Waals surface area contributed by atoms with Gasteiger partial charge in [0.15, 0.2) is 0 Å². The van der Waals surface area contributed by atoms with Crippen LogP contribution < -0.4 is 14.5 Å². The maximum atomic E-state index is 6.75. The number of aryl methyl sites for hydroxylation is 1. The van der Waals surface area contributed by atoms with Crippen molar-refractivity contribution in [2.45, 2.75) is 0 Å². The van der Waals surface area contributed by atoms with Gasteiger partial charge in [-0.3, -0.25) is 0 Å². The molecule has 57 heavy (non-hydrogen) atoms. The number of nitrogens with zero attached hydrogens (tertiary/aromatic N) is 5. The quantitative estimate of drug-likeness (QED) is 0.156. The number of ether oxygens (including phenoxy) is 1. The molecular weight excluding hydrogens is 882 g/mol. The Bertz CT molecular complexity index is 3130. The summed E-state index contributed by atoms with van der Waals surface area (Å²) in [5, 5.41) is 4.54. The Morgan fingerprint density at radius 2 is 1.28 bits per heavy atom. The van der Waals surface area contributed by atoms with Crippen molar-refractivity contribution in [1.82, 2.24) is 14.1 Å². The third-order valence-corrected chi connectivity index (χ3v) is 11.0. The molecule has 0 saturated carbocycles. The largest absolute Gasteiger partial charge is 0.509 e. The van der Waals surface area contributed by atoms with E-state index in [9.17, 15) is 0 Å². The van der Waals surface area contributed by atoms with Crippen LogP contribution in [0.15, 0.2) is 164 Å². The molecule has 10 aromatic rings. The molecular formula is C50H34N5OPt-3. The molecule has 278 valence electrons. The van der Waals surface area contributed by atoms with Gasteiger partial charge in [0.05, 0.1) is 5.52 Å². The number of hydrogen-bond acceptors (Lipinski definition) is 4. The van der Waals surface area contributed by atoms with E-state index in [0.717, 1.165) is 66.7 Å². The monoisotopic (exact) mass is 915 g/mol. The number of para-hydroxylation sites is 2. The van der Waals surface area contributed by atoms with Crippen LogP contribution in [-0.4, -0.2) is 21.2 Å². The first-order valence-corrected chi connectivity index (χ1v) is 18.7. The number of anilines is 3. The zero-order chi connectivity index (χ0) is 37.3. The fourth-order valence-electron chi connectivity index (χ4n) is 8.35. The fraction of sp³-hybridized carbons (Fsp3) is 0.0400. The Hall–Kier alpha value is -6.62. The SMILES string of the molecule is CN1[CH-]N(c2[c-]c(Oc3[c-]c4c(c(-c5ccccc5)c3)c3ccccc3n4-c3cc4c(cn3)c3ccccc3n4C)ccc2)c2ccc(-c3ccccc3)cc21.[Pt]. The Balaban J connectivity index is 0.00000396. The van der Waals surface area contributed by atoms with E-state index >= 15 is 0 Å². The van der Waals surface area contributed by atoms with Crippen molar-refractivity contribution >= 4 is 60.7 Å². The van der Waals surface area contributed by atoms with E-state index in [1.54, 1.807) is 0 Å². The molecule has 7 aromatic carbocycles. The van der Waals surface area contributed by atoms with Crippen molar-refractivity contribution in [2.24, 2.45) is 7.05 Å². The Morgan fingerprint density at radius 3 is 2.09 bits per heavy atom. The van der Waals surface area contributed by atoms with Crippen molar-refractivity contribution in [1.29, 1.82) is 0 Å². The first kappa shape index (κ1) is 34.8. The van der Waals surface area contributed by atoms with Gasteiger partial charge in [0, 0.05) is 85.1 Å². The summed E-state index contributed by atoms with van der Waals surface area (Å²) in [7, 11) is 4.20. The summed E-state index contributed by atoms with van der Waals surface area (Å²) >= 11 is 0. The van der Waals surface area contributed by atoms with Crippen LogP contribution in [0.5, 0.6) is 11.5 Å². The Morgan fingerprint density at radius 1 is 0.561 bits per heavy atom. The number of benzene rings is 7. The first-order chi connectivity index (χ1) is 27.6. The van der Waals surface area contributed by atoms with Crippen molar-refractivity contribution in [3.05, 3.63) is 183 Å². The van der Waals surface area contributed by atoms with Crippen LogP contribution in [0, 0.1) is 18.8 Å². The second-order valence-electron chi connectivity index (χ2n) is 14.3. The number of fused-ring (bicyclic) bond motifs is 7. The van der Waals surface area contributed by atoms with Crippen molar-refractivity contribution in [3.8, 4) is 39.6 Å². The second kappa shape index (κ2) is 13.8. The zero-order valence-electron chi connectivity index (χ0n) is 31.1. The van der Waals surface area contributed by atoms with Gasteiger partial charge < -0.3 is 23.7 Å². The van der Waals surface area contributed by atoms with Crippen LogP contribution in [0.4, 0.5) is 17.1 Å². The summed E-state index contributed by atoms with van der Waals surface area (Å²) in [6, 6.07) is 62.2. The van der Waals surface area contributed by atoms with Crippen molar-refractivity contribution < 1.29 is 25.8 Å². The van der Waals surface area contributed by atoms with Crippen LogP contribution in [0.1, 0.15) is 0 Å². The average Bonchev–Trinajstić information content (AvgIpc) is 3.87. The maximum Gasteiger partial charge on any atom is 0.137 e. The number of rotatable bonds is 6. The standard InChI is InChI=1S/C50H34N5O.Pt/c1-52-32-54(45-25-24-35(26-47(45)52)33-14-5-3-6-15-33)36-18-13-19-37(27-36)56-38-28-41(34-16-7-4-8-17-34)50-40-21-10-12-23-44(40)55(48(50)29-38)49-30-46-42(31-51-49)39-20-9-11-22-43(39)53(46)2;/h3-26,28,30-32H,1-2H3;/q-3;. The van der Waals surface area contributed by atoms with Gasteiger partial charge >= 0.3 is 0 Å². The molecule has 0 fully saturated rings. The summed E-state index contributed by atoms with van der Waals surface area (Å²) in [6.07, 6.45) is 2.00.